The average molecular weight is 435 g/mol. The fraction of sp³-hybridized carbons (Fsp3) is 0.167. The van der Waals surface area contributed by atoms with Gasteiger partial charge in [0.05, 0.1) is 27.8 Å². The molecule has 0 atom stereocenters. The Labute approximate surface area is 182 Å². The van der Waals surface area contributed by atoms with E-state index >= 15 is 0 Å². The Morgan fingerprint density at radius 2 is 1.81 bits per heavy atom. The van der Waals surface area contributed by atoms with E-state index in [1.54, 1.807) is 61.5 Å². The maximum atomic E-state index is 12.8. The normalized spacial score (nSPS) is 10.8. The van der Waals surface area contributed by atoms with E-state index in [0.717, 1.165) is 5.56 Å². The summed E-state index contributed by atoms with van der Waals surface area (Å²) >= 11 is 0. The second-order valence-corrected chi connectivity index (χ2v) is 8.98. The van der Waals surface area contributed by atoms with Crippen LogP contribution < -0.4 is 10.1 Å². The predicted octanol–water partition coefficient (Wildman–Crippen LogP) is 4.57. The SMILES string of the molecule is CCCS(=O)(=O)c1ccccc1C(=O)Nc1cccc(OCc2cccc(C#N)c2)c1. The molecule has 31 heavy (non-hydrogen) atoms. The molecule has 0 aromatic heterocycles. The molecule has 0 aliphatic carbocycles. The lowest BCUT2D eigenvalue weighted by Gasteiger charge is -2.12. The van der Waals surface area contributed by atoms with Crippen molar-refractivity contribution in [2.24, 2.45) is 0 Å². The lowest BCUT2D eigenvalue weighted by molar-refractivity contribution is 0.102. The van der Waals surface area contributed by atoms with Crippen LogP contribution in [0.3, 0.4) is 0 Å². The van der Waals surface area contributed by atoms with Gasteiger partial charge in [-0.2, -0.15) is 5.26 Å². The van der Waals surface area contributed by atoms with Crippen molar-refractivity contribution in [3.63, 3.8) is 0 Å². The minimum atomic E-state index is -3.54. The molecule has 0 heterocycles. The summed E-state index contributed by atoms with van der Waals surface area (Å²) in [5.74, 6) is 0.00867. The Kier molecular flexibility index (Phi) is 7.06. The summed E-state index contributed by atoms with van der Waals surface area (Å²) in [6.07, 6.45) is 0.467. The highest BCUT2D eigenvalue weighted by Gasteiger charge is 2.21. The third-order valence-corrected chi connectivity index (χ3v) is 6.46. The van der Waals surface area contributed by atoms with Crippen LogP contribution in [0.25, 0.3) is 0 Å². The first-order chi connectivity index (χ1) is 14.9. The maximum Gasteiger partial charge on any atom is 0.256 e. The van der Waals surface area contributed by atoms with E-state index in [0.29, 0.717) is 23.4 Å². The molecule has 0 fully saturated rings. The average Bonchev–Trinajstić information content (AvgIpc) is 2.78. The Morgan fingerprint density at radius 3 is 2.58 bits per heavy atom. The van der Waals surface area contributed by atoms with Crippen LogP contribution in [0.4, 0.5) is 5.69 Å². The number of nitrogens with one attached hydrogen (secondary N) is 1. The van der Waals surface area contributed by atoms with Gasteiger partial charge in [-0.25, -0.2) is 8.42 Å². The van der Waals surface area contributed by atoms with E-state index in [1.807, 2.05) is 6.07 Å². The van der Waals surface area contributed by atoms with Crippen LogP contribution in [0.1, 0.15) is 34.8 Å². The van der Waals surface area contributed by atoms with Gasteiger partial charge in [0.1, 0.15) is 12.4 Å². The van der Waals surface area contributed by atoms with Gasteiger partial charge in [0, 0.05) is 11.8 Å². The molecule has 3 rings (SSSR count). The lowest BCUT2D eigenvalue weighted by atomic mass is 10.1. The topological polar surface area (TPSA) is 96.3 Å². The fourth-order valence-electron chi connectivity index (χ4n) is 3.06. The minimum absolute atomic E-state index is 0.0202. The summed E-state index contributed by atoms with van der Waals surface area (Å²) in [7, 11) is -3.54. The minimum Gasteiger partial charge on any atom is -0.489 e. The van der Waals surface area contributed by atoms with E-state index in [9.17, 15) is 13.2 Å². The molecule has 6 nitrogen and oxygen atoms in total. The number of nitriles is 1. The van der Waals surface area contributed by atoms with Crippen molar-refractivity contribution >= 4 is 21.4 Å². The highest BCUT2D eigenvalue weighted by atomic mass is 32.2. The summed E-state index contributed by atoms with van der Waals surface area (Å²) in [5.41, 5.74) is 1.99. The van der Waals surface area contributed by atoms with Crippen LogP contribution in [-0.4, -0.2) is 20.1 Å². The van der Waals surface area contributed by atoms with Crippen molar-refractivity contribution in [3.8, 4) is 11.8 Å². The molecule has 0 saturated carbocycles. The molecule has 158 valence electrons. The fourth-order valence-corrected chi connectivity index (χ4v) is 4.60. The van der Waals surface area contributed by atoms with Crippen molar-refractivity contribution in [1.29, 1.82) is 5.26 Å². The number of nitrogens with zero attached hydrogens (tertiary/aromatic N) is 1. The number of hydrogen-bond donors (Lipinski definition) is 1. The van der Waals surface area contributed by atoms with Gasteiger partial charge < -0.3 is 10.1 Å². The number of benzene rings is 3. The smallest absolute Gasteiger partial charge is 0.256 e. The molecule has 1 amide bonds. The van der Waals surface area contributed by atoms with Gasteiger partial charge >= 0.3 is 0 Å². The van der Waals surface area contributed by atoms with Crippen molar-refractivity contribution in [2.45, 2.75) is 24.8 Å². The lowest BCUT2D eigenvalue weighted by Crippen LogP contribution is -2.17. The number of hydrogen-bond acceptors (Lipinski definition) is 5. The second-order valence-electron chi connectivity index (χ2n) is 6.90. The maximum absolute atomic E-state index is 12.8. The van der Waals surface area contributed by atoms with Crippen LogP contribution >= 0.6 is 0 Å². The summed E-state index contributed by atoms with van der Waals surface area (Å²) in [6.45, 7) is 2.05. The zero-order chi connectivity index (χ0) is 22.3. The Morgan fingerprint density at radius 1 is 1.03 bits per heavy atom. The molecule has 0 spiro atoms. The number of sulfone groups is 1. The van der Waals surface area contributed by atoms with Crippen LogP contribution in [-0.2, 0) is 16.4 Å². The molecule has 0 radical (unpaired) electrons. The number of carbonyl (C=O) groups excluding carboxylic acids is 1. The van der Waals surface area contributed by atoms with Gasteiger partial charge in [-0.1, -0.05) is 37.3 Å². The molecule has 0 aliphatic rings. The molecule has 0 bridgehead atoms. The number of amides is 1. The number of carbonyl (C=O) groups is 1. The van der Waals surface area contributed by atoms with Crippen LogP contribution in [0.15, 0.2) is 77.7 Å². The van der Waals surface area contributed by atoms with Crippen molar-refractivity contribution in [2.75, 3.05) is 11.1 Å². The summed E-state index contributed by atoms with van der Waals surface area (Å²) in [4.78, 5) is 12.8. The van der Waals surface area contributed by atoms with E-state index in [-0.39, 0.29) is 22.8 Å². The van der Waals surface area contributed by atoms with Gasteiger partial charge in [0.15, 0.2) is 9.84 Å². The molecular formula is C24H22N2O4S. The standard InChI is InChI=1S/C24H22N2O4S/c1-2-13-31(28,29)23-12-4-3-11-22(23)24(27)26-20-9-6-10-21(15-20)30-17-19-8-5-7-18(14-19)16-25/h3-12,14-15H,2,13,17H2,1H3,(H,26,27). The number of rotatable bonds is 8. The first-order valence-corrected chi connectivity index (χ1v) is 11.4. The molecule has 3 aromatic rings. The largest absolute Gasteiger partial charge is 0.489 e. The monoisotopic (exact) mass is 434 g/mol. The zero-order valence-electron chi connectivity index (χ0n) is 17.0. The number of anilines is 1. The van der Waals surface area contributed by atoms with Gasteiger partial charge in [0.25, 0.3) is 5.91 Å². The van der Waals surface area contributed by atoms with Crippen molar-refractivity contribution < 1.29 is 17.9 Å². The highest BCUT2D eigenvalue weighted by Crippen LogP contribution is 2.22. The number of ether oxygens (including phenoxy) is 1. The summed E-state index contributed by atoms with van der Waals surface area (Å²) < 4.78 is 30.8. The molecule has 1 N–H and O–H groups in total. The second kappa shape index (κ2) is 9.92. The summed E-state index contributed by atoms with van der Waals surface area (Å²) in [6, 6.07) is 22.2. The first kappa shape index (κ1) is 22.1. The third kappa shape index (κ3) is 5.71. The Bertz CT molecular complexity index is 1230. The van der Waals surface area contributed by atoms with Gasteiger partial charge in [-0.15, -0.1) is 0 Å². The van der Waals surface area contributed by atoms with Crippen LogP contribution in [0, 0.1) is 11.3 Å². The molecule has 0 saturated heterocycles. The molecule has 0 unspecified atom stereocenters. The Hall–Kier alpha value is -3.63. The zero-order valence-corrected chi connectivity index (χ0v) is 17.9. The molecular weight excluding hydrogens is 412 g/mol. The third-order valence-electron chi connectivity index (χ3n) is 4.49. The summed E-state index contributed by atoms with van der Waals surface area (Å²) in [5, 5.41) is 11.7. The van der Waals surface area contributed by atoms with Gasteiger partial charge in [0.2, 0.25) is 0 Å². The predicted molar refractivity (Wildman–Crippen MR) is 119 cm³/mol. The molecule has 0 aliphatic heterocycles. The van der Waals surface area contributed by atoms with E-state index in [1.165, 1.54) is 12.1 Å². The Balaban J connectivity index is 1.74. The van der Waals surface area contributed by atoms with E-state index in [4.69, 9.17) is 10.00 Å². The van der Waals surface area contributed by atoms with E-state index in [2.05, 4.69) is 11.4 Å². The van der Waals surface area contributed by atoms with Gasteiger partial charge in [-0.3, -0.25) is 4.79 Å². The first-order valence-electron chi connectivity index (χ1n) is 9.78. The molecule has 7 heteroatoms. The van der Waals surface area contributed by atoms with Crippen LogP contribution in [0.2, 0.25) is 0 Å². The van der Waals surface area contributed by atoms with Crippen LogP contribution in [0.5, 0.6) is 5.75 Å². The molecule has 3 aromatic carbocycles. The quantitative estimate of drug-likeness (QED) is 0.560. The highest BCUT2D eigenvalue weighted by molar-refractivity contribution is 7.91. The van der Waals surface area contributed by atoms with E-state index < -0.39 is 15.7 Å². The van der Waals surface area contributed by atoms with Gasteiger partial charge in [-0.05, 0) is 48.4 Å². The van der Waals surface area contributed by atoms with Crippen molar-refractivity contribution in [3.05, 3.63) is 89.5 Å². The van der Waals surface area contributed by atoms with Crippen molar-refractivity contribution in [1.82, 2.24) is 0 Å².